The predicted molar refractivity (Wildman–Crippen MR) is 94.3 cm³/mol. The Labute approximate surface area is 147 Å². The fourth-order valence-electron chi connectivity index (χ4n) is 2.94. The Kier molecular flexibility index (Phi) is 4.27. The van der Waals surface area contributed by atoms with Crippen molar-refractivity contribution in [2.24, 2.45) is 0 Å². The third-order valence-corrected chi connectivity index (χ3v) is 5.36. The molecule has 0 aliphatic carbocycles. The maximum absolute atomic E-state index is 13.8. The number of hydrogen-bond acceptors (Lipinski definition) is 6. The largest absolute Gasteiger partial charge is 0.348 e. The van der Waals surface area contributed by atoms with Crippen LogP contribution in [0.25, 0.3) is 10.2 Å². The van der Waals surface area contributed by atoms with E-state index < -0.39 is 0 Å². The molecule has 3 aromatic rings. The molecule has 1 amide bonds. The van der Waals surface area contributed by atoms with Gasteiger partial charge < -0.3 is 10.2 Å². The third-order valence-electron chi connectivity index (χ3n) is 4.27. The quantitative estimate of drug-likeness (QED) is 0.780. The number of carbonyl (C=O) groups excluding carboxylic acids is 1. The molecule has 25 heavy (non-hydrogen) atoms. The van der Waals surface area contributed by atoms with E-state index in [4.69, 9.17) is 0 Å². The number of benzene rings is 1. The summed E-state index contributed by atoms with van der Waals surface area (Å²) in [5.41, 5.74) is 0.806. The number of amides is 1. The lowest BCUT2D eigenvalue weighted by Gasteiger charge is -2.32. The van der Waals surface area contributed by atoms with Crippen LogP contribution in [0.4, 0.5) is 9.52 Å². The summed E-state index contributed by atoms with van der Waals surface area (Å²) in [6.07, 6.45) is 4.55. The highest BCUT2D eigenvalue weighted by Gasteiger charge is 2.23. The molecule has 1 aromatic carbocycles. The number of anilines is 1. The monoisotopic (exact) mass is 357 g/mol. The molecule has 1 fully saturated rings. The van der Waals surface area contributed by atoms with Crippen molar-refractivity contribution in [1.29, 1.82) is 0 Å². The normalized spacial score (nSPS) is 15.5. The van der Waals surface area contributed by atoms with Gasteiger partial charge in [-0.1, -0.05) is 17.4 Å². The summed E-state index contributed by atoms with van der Waals surface area (Å²) in [4.78, 5) is 26.5. The van der Waals surface area contributed by atoms with E-state index in [0.717, 1.165) is 35.8 Å². The number of carbonyl (C=O) groups is 1. The Bertz CT molecular complexity index is 892. The van der Waals surface area contributed by atoms with Gasteiger partial charge >= 0.3 is 0 Å². The SMILES string of the molecule is O=C(NC1CCN(c2nc3c(F)cccc3s2)CC1)c1ccncn1. The number of nitrogens with zero attached hydrogens (tertiary/aromatic N) is 4. The van der Waals surface area contributed by atoms with Gasteiger partial charge in [0.25, 0.3) is 5.91 Å². The van der Waals surface area contributed by atoms with E-state index in [9.17, 15) is 9.18 Å². The minimum atomic E-state index is -0.285. The van der Waals surface area contributed by atoms with Crippen molar-refractivity contribution in [3.63, 3.8) is 0 Å². The van der Waals surface area contributed by atoms with Gasteiger partial charge in [-0.05, 0) is 31.0 Å². The molecule has 1 aliphatic heterocycles. The smallest absolute Gasteiger partial charge is 0.270 e. The molecule has 6 nitrogen and oxygen atoms in total. The molecule has 8 heteroatoms. The lowest BCUT2D eigenvalue weighted by molar-refractivity contribution is 0.0926. The summed E-state index contributed by atoms with van der Waals surface area (Å²) in [5.74, 6) is -0.463. The van der Waals surface area contributed by atoms with Crippen LogP contribution in [0, 0.1) is 5.82 Å². The Morgan fingerprint density at radius 2 is 2.12 bits per heavy atom. The topological polar surface area (TPSA) is 71.0 Å². The van der Waals surface area contributed by atoms with Crippen LogP contribution in [0.3, 0.4) is 0 Å². The molecule has 0 spiro atoms. The molecule has 2 aromatic heterocycles. The summed E-state index contributed by atoms with van der Waals surface area (Å²) in [6.45, 7) is 1.55. The number of fused-ring (bicyclic) bond motifs is 1. The van der Waals surface area contributed by atoms with E-state index in [0.29, 0.717) is 11.2 Å². The van der Waals surface area contributed by atoms with Crippen LogP contribution in [0.15, 0.2) is 36.8 Å². The van der Waals surface area contributed by atoms with Gasteiger partial charge in [0, 0.05) is 25.3 Å². The Morgan fingerprint density at radius 3 is 2.84 bits per heavy atom. The first kappa shape index (κ1) is 15.9. The average Bonchev–Trinajstić information content (AvgIpc) is 3.09. The van der Waals surface area contributed by atoms with E-state index >= 15 is 0 Å². The van der Waals surface area contributed by atoms with E-state index in [1.807, 2.05) is 6.07 Å². The predicted octanol–water partition coefficient (Wildman–Crippen LogP) is 2.62. The molecule has 1 N–H and O–H groups in total. The molecule has 0 bridgehead atoms. The first-order valence-corrected chi connectivity index (χ1v) is 8.89. The van der Waals surface area contributed by atoms with Crippen molar-refractivity contribution in [2.75, 3.05) is 18.0 Å². The second kappa shape index (κ2) is 6.72. The fraction of sp³-hybridized carbons (Fsp3) is 0.294. The molecule has 1 aliphatic rings. The molecule has 0 saturated carbocycles. The van der Waals surface area contributed by atoms with E-state index in [1.54, 1.807) is 18.3 Å². The number of nitrogens with one attached hydrogen (secondary N) is 1. The molecule has 0 unspecified atom stereocenters. The van der Waals surface area contributed by atoms with Crippen LogP contribution in [-0.4, -0.2) is 40.0 Å². The highest BCUT2D eigenvalue weighted by atomic mass is 32.1. The molecule has 0 atom stereocenters. The van der Waals surface area contributed by atoms with Crippen molar-refractivity contribution >= 4 is 32.6 Å². The van der Waals surface area contributed by atoms with Crippen molar-refractivity contribution in [2.45, 2.75) is 18.9 Å². The van der Waals surface area contributed by atoms with Crippen LogP contribution in [0.5, 0.6) is 0 Å². The van der Waals surface area contributed by atoms with Gasteiger partial charge in [0.05, 0.1) is 4.70 Å². The third kappa shape index (κ3) is 3.30. The average molecular weight is 357 g/mol. The van der Waals surface area contributed by atoms with Crippen LogP contribution >= 0.6 is 11.3 Å². The number of thiazole rings is 1. The lowest BCUT2D eigenvalue weighted by atomic mass is 10.1. The molecule has 4 rings (SSSR count). The second-order valence-corrected chi connectivity index (χ2v) is 6.92. The summed E-state index contributed by atoms with van der Waals surface area (Å²) >= 11 is 1.50. The van der Waals surface area contributed by atoms with Crippen LogP contribution < -0.4 is 10.2 Å². The van der Waals surface area contributed by atoms with Gasteiger partial charge in [-0.2, -0.15) is 0 Å². The number of halogens is 1. The van der Waals surface area contributed by atoms with E-state index in [1.165, 1.54) is 23.7 Å². The molecule has 3 heterocycles. The molecular formula is C17H16FN5OS. The van der Waals surface area contributed by atoms with Gasteiger partial charge in [0.1, 0.15) is 23.4 Å². The van der Waals surface area contributed by atoms with Gasteiger partial charge in [-0.25, -0.2) is 19.3 Å². The van der Waals surface area contributed by atoms with Crippen molar-refractivity contribution in [3.05, 3.63) is 48.3 Å². The number of para-hydroxylation sites is 1. The Balaban J connectivity index is 1.39. The van der Waals surface area contributed by atoms with Gasteiger partial charge in [-0.3, -0.25) is 4.79 Å². The first-order chi connectivity index (χ1) is 12.2. The van der Waals surface area contributed by atoms with Gasteiger partial charge in [0.15, 0.2) is 5.13 Å². The highest BCUT2D eigenvalue weighted by molar-refractivity contribution is 7.22. The molecule has 1 saturated heterocycles. The van der Waals surface area contributed by atoms with E-state index in [-0.39, 0.29) is 17.8 Å². The van der Waals surface area contributed by atoms with Crippen LogP contribution in [0.2, 0.25) is 0 Å². The van der Waals surface area contributed by atoms with Crippen LogP contribution in [-0.2, 0) is 0 Å². The van der Waals surface area contributed by atoms with Gasteiger partial charge in [0.2, 0.25) is 0 Å². The maximum atomic E-state index is 13.8. The fourth-order valence-corrected chi connectivity index (χ4v) is 3.97. The number of piperidine rings is 1. The molecule has 128 valence electrons. The van der Waals surface area contributed by atoms with Crippen molar-refractivity contribution in [3.8, 4) is 0 Å². The highest BCUT2D eigenvalue weighted by Crippen LogP contribution is 2.31. The summed E-state index contributed by atoms with van der Waals surface area (Å²) < 4.78 is 14.7. The Morgan fingerprint density at radius 1 is 1.28 bits per heavy atom. The van der Waals surface area contributed by atoms with Crippen molar-refractivity contribution in [1.82, 2.24) is 20.3 Å². The Hall–Kier alpha value is -2.61. The zero-order chi connectivity index (χ0) is 17.2. The van der Waals surface area contributed by atoms with Crippen LogP contribution in [0.1, 0.15) is 23.3 Å². The minimum Gasteiger partial charge on any atom is -0.348 e. The summed E-state index contributed by atoms with van der Waals surface area (Å²) in [6, 6.07) is 6.72. The standard InChI is InChI=1S/C17H16FN5OS/c18-12-2-1-3-14-15(12)22-17(25-14)23-8-5-11(6-9-23)21-16(24)13-4-7-19-10-20-13/h1-4,7,10-11H,5-6,8-9H2,(H,21,24). The van der Waals surface area contributed by atoms with Crippen molar-refractivity contribution < 1.29 is 9.18 Å². The van der Waals surface area contributed by atoms with E-state index in [2.05, 4.69) is 25.2 Å². The number of aromatic nitrogens is 3. The number of rotatable bonds is 3. The minimum absolute atomic E-state index is 0.102. The zero-order valence-corrected chi connectivity index (χ0v) is 14.2. The molecule has 0 radical (unpaired) electrons. The van der Waals surface area contributed by atoms with Gasteiger partial charge in [-0.15, -0.1) is 0 Å². The maximum Gasteiger partial charge on any atom is 0.270 e. The summed E-state index contributed by atoms with van der Waals surface area (Å²) in [5, 5.41) is 3.84. The molecular weight excluding hydrogens is 341 g/mol. The second-order valence-electron chi connectivity index (χ2n) is 5.91. The first-order valence-electron chi connectivity index (χ1n) is 8.07. The zero-order valence-electron chi connectivity index (χ0n) is 13.4. The number of hydrogen-bond donors (Lipinski definition) is 1. The summed E-state index contributed by atoms with van der Waals surface area (Å²) in [7, 11) is 0. The lowest BCUT2D eigenvalue weighted by Crippen LogP contribution is -2.44.